The molecule has 1 N–H and O–H groups in total. The molecule has 0 aliphatic rings. The van der Waals surface area contributed by atoms with Crippen LogP contribution in [0, 0.1) is 10.8 Å². The molecule has 0 radical (unpaired) electrons. The maximum absolute atomic E-state index is 12.7. The minimum atomic E-state index is -0.429. The molecule has 3 aromatic rings. The summed E-state index contributed by atoms with van der Waals surface area (Å²) < 4.78 is 0. The highest BCUT2D eigenvalue weighted by Crippen LogP contribution is 2.51. The summed E-state index contributed by atoms with van der Waals surface area (Å²) in [4.78, 5) is 12.7. The molecule has 0 fully saturated rings. The van der Waals surface area contributed by atoms with Crippen LogP contribution in [0.2, 0.25) is 0 Å². The third kappa shape index (κ3) is 4.05. The van der Waals surface area contributed by atoms with Gasteiger partial charge in [0, 0.05) is 12.0 Å². The van der Waals surface area contributed by atoms with Crippen molar-refractivity contribution in [3.8, 4) is 0 Å². The maximum atomic E-state index is 12.7. The van der Waals surface area contributed by atoms with Crippen LogP contribution in [0.25, 0.3) is 0 Å². The predicted molar refractivity (Wildman–Crippen MR) is 125 cm³/mol. The largest absolute Gasteiger partial charge is 0.355 e. The first-order chi connectivity index (χ1) is 14.2. The van der Waals surface area contributed by atoms with Gasteiger partial charge in [0.2, 0.25) is 5.91 Å². The Balaban J connectivity index is 2.24. The van der Waals surface area contributed by atoms with Crippen LogP contribution in [0.1, 0.15) is 51.3 Å². The number of carbonyl (C=O) groups excluding carboxylic acids is 1. The van der Waals surface area contributed by atoms with E-state index in [1.165, 1.54) is 16.7 Å². The Morgan fingerprint density at radius 2 is 0.967 bits per heavy atom. The van der Waals surface area contributed by atoms with Gasteiger partial charge in [0.1, 0.15) is 0 Å². The van der Waals surface area contributed by atoms with Crippen molar-refractivity contribution in [1.29, 1.82) is 0 Å². The number of hydrogen-bond acceptors (Lipinski definition) is 1. The molecular weight excluding hydrogens is 366 g/mol. The van der Waals surface area contributed by atoms with Crippen LogP contribution in [0.5, 0.6) is 0 Å². The second-order valence-corrected chi connectivity index (χ2v) is 9.66. The molecule has 2 nitrogen and oxygen atoms in total. The summed E-state index contributed by atoms with van der Waals surface area (Å²) in [5.41, 5.74) is 2.50. The van der Waals surface area contributed by atoms with Gasteiger partial charge in [0.25, 0.3) is 0 Å². The number of nitrogens with one attached hydrogen (secondary N) is 1. The lowest BCUT2D eigenvalue weighted by Gasteiger charge is -2.49. The molecule has 1 amide bonds. The molecule has 30 heavy (non-hydrogen) atoms. The van der Waals surface area contributed by atoms with E-state index in [0.717, 1.165) is 0 Å². The average molecular weight is 400 g/mol. The molecule has 0 aliphatic heterocycles. The first kappa shape index (κ1) is 21.8. The summed E-state index contributed by atoms with van der Waals surface area (Å²) in [6, 6.07) is 32.0. The normalized spacial score (nSPS) is 12.4. The van der Waals surface area contributed by atoms with Crippen LogP contribution in [0.3, 0.4) is 0 Å². The van der Waals surface area contributed by atoms with E-state index in [9.17, 15) is 4.79 Å². The van der Waals surface area contributed by atoms with Gasteiger partial charge in [-0.15, -0.1) is 0 Å². The fraction of sp³-hybridized carbons (Fsp3) is 0.321. The number of benzene rings is 3. The van der Waals surface area contributed by atoms with Gasteiger partial charge in [-0.1, -0.05) is 126 Å². The second-order valence-electron chi connectivity index (χ2n) is 9.66. The van der Waals surface area contributed by atoms with Crippen molar-refractivity contribution in [2.45, 2.75) is 40.0 Å². The SMILES string of the molecule is CC(C)(C)C(=O)NCC(C)(C)C(c1ccccc1)(c1ccccc1)c1ccccc1. The highest BCUT2D eigenvalue weighted by Gasteiger charge is 2.49. The molecule has 156 valence electrons. The van der Waals surface area contributed by atoms with Crippen molar-refractivity contribution in [3.05, 3.63) is 108 Å². The van der Waals surface area contributed by atoms with E-state index >= 15 is 0 Å². The first-order valence-electron chi connectivity index (χ1n) is 10.6. The van der Waals surface area contributed by atoms with E-state index in [1.807, 2.05) is 20.8 Å². The number of rotatable bonds is 6. The Bertz CT molecular complexity index is 857. The summed E-state index contributed by atoms with van der Waals surface area (Å²) >= 11 is 0. The number of hydrogen-bond donors (Lipinski definition) is 1. The molecule has 0 heterocycles. The third-order valence-electron chi connectivity index (χ3n) is 6.01. The average Bonchev–Trinajstić information content (AvgIpc) is 2.74. The van der Waals surface area contributed by atoms with E-state index in [1.54, 1.807) is 0 Å². The minimum Gasteiger partial charge on any atom is -0.355 e. The van der Waals surface area contributed by atoms with Crippen molar-refractivity contribution in [3.63, 3.8) is 0 Å². The van der Waals surface area contributed by atoms with E-state index in [0.29, 0.717) is 6.54 Å². The second kappa shape index (κ2) is 8.47. The van der Waals surface area contributed by atoms with Gasteiger partial charge in [0.15, 0.2) is 0 Å². The zero-order chi connectivity index (χ0) is 21.8. The van der Waals surface area contributed by atoms with Crippen LogP contribution in [0.15, 0.2) is 91.0 Å². The van der Waals surface area contributed by atoms with Gasteiger partial charge >= 0.3 is 0 Å². The van der Waals surface area contributed by atoms with Gasteiger partial charge < -0.3 is 5.32 Å². The van der Waals surface area contributed by atoms with Crippen molar-refractivity contribution in [2.24, 2.45) is 10.8 Å². The van der Waals surface area contributed by atoms with Crippen LogP contribution < -0.4 is 5.32 Å². The Morgan fingerprint density at radius 1 is 0.633 bits per heavy atom. The van der Waals surface area contributed by atoms with Gasteiger partial charge in [0.05, 0.1) is 5.41 Å². The van der Waals surface area contributed by atoms with Gasteiger partial charge in [-0.25, -0.2) is 0 Å². The lowest BCUT2D eigenvalue weighted by molar-refractivity contribution is -0.129. The van der Waals surface area contributed by atoms with E-state index in [2.05, 4.69) is 110 Å². The van der Waals surface area contributed by atoms with Crippen molar-refractivity contribution < 1.29 is 4.79 Å². The smallest absolute Gasteiger partial charge is 0.225 e. The first-order valence-corrected chi connectivity index (χ1v) is 10.6. The molecule has 0 saturated carbocycles. The van der Waals surface area contributed by atoms with E-state index in [-0.39, 0.29) is 11.3 Å². The van der Waals surface area contributed by atoms with Gasteiger partial charge in [-0.2, -0.15) is 0 Å². The molecule has 2 heteroatoms. The van der Waals surface area contributed by atoms with Crippen molar-refractivity contribution in [2.75, 3.05) is 6.54 Å². The summed E-state index contributed by atoms with van der Waals surface area (Å²) in [6.07, 6.45) is 0. The molecule has 0 atom stereocenters. The lowest BCUT2D eigenvalue weighted by atomic mass is 9.55. The summed E-state index contributed by atoms with van der Waals surface area (Å²) in [7, 11) is 0. The fourth-order valence-corrected chi connectivity index (χ4v) is 4.44. The van der Waals surface area contributed by atoms with Gasteiger partial charge in [-0.3, -0.25) is 4.79 Å². The Morgan fingerprint density at radius 3 is 1.27 bits per heavy atom. The molecule has 0 bridgehead atoms. The van der Waals surface area contributed by atoms with Gasteiger partial charge in [-0.05, 0) is 22.1 Å². The Hall–Kier alpha value is -2.87. The quantitative estimate of drug-likeness (QED) is 0.491. The van der Waals surface area contributed by atoms with E-state index in [4.69, 9.17) is 0 Å². The molecule has 0 aromatic heterocycles. The molecule has 0 unspecified atom stereocenters. The van der Waals surface area contributed by atoms with Crippen molar-refractivity contribution >= 4 is 5.91 Å². The molecule has 0 spiro atoms. The highest BCUT2D eigenvalue weighted by molar-refractivity contribution is 5.81. The van der Waals surface area contributed by atoms with Crippen molar-refractivity contribution in [1.82, 2.24) is 5.32 Å². The Labute approximate surface area is 181 Å². The molecular formula is C28H33NO. The maximum Gasteiger partial charge on any atom is 0.225 e. The van der Waals surface area contributed by atoms with E-state index < -0.39 is 10.8 Å². The molecule has 0 saturated heterocycles. The van der Waals surface area contributed by atoms with Crippen LogP contribution >= 0.6 is 0 Å². The number of carbonyl (C=O) groups is 1. The zero-order valence-corrected chi connectivity index (χ0v) is 18.8. The molecule has 0 aliphatic carbocycles. The van der Waals surface area contributed by atoms with Crippen LogP contribution in [-0.4, -0.2) is 12.5 Å². The summed E-state index contributed by atoms with van der Waals surface area (Å²) in [5, 5.41) is 3.24. The third-order valence-corrected chi connectivity index (χ3v) is 6.01. The molecule has 3 rings (SSSR count). The topological polar surface area (TPSA) is 29.1 Å². The minimum absolute atomic E-state index is 0.0682. The van der Waals surface area contributed by atoms with Crippen LogP contribution in [-0.2, 0) is 10.2 Å². The fourth-order valence-electron chi connectivity index (χ4n) is 4.44. The monoisotopic (exact) mass is 399 g/mol. The predicted octanol–water partition coefficient (Wildman–Crippen LogP) is 6.21. The summed E-state index contributed by atoms with van der Waals surface area (Å²) in [5.74, 6) is 0.0682. The molecule has 3 aromatic carbocycles. The highest BCUT2D eigenvalue weighted by atomic mass is 16.2. The summed E-state index contributed by atoms with van der Waals surface area (Å²) in [6.45, 7) is 10.9. The number of amides is 1. The lowest BCUT2D eigenvalue weighted by Crippen LogP contribution is -2.51. The standard InChI is InChI=1S/C28H33NO/c1-26(2,3)25(30)29-21-27(4,5)28(22-15-9-6-10-16-22,23-17-11-7-12-18-23)24-19-13-8-14-20-24/h6-20H,21H2,1-5H3,(H,29,30). The van der Waals surface area contributed by atoms with Crippen LogP contribution in [0.4, 0.5) is 0 Å². The zero-order valence-electron chi connectivity index (χ0n) is 18.8. The Kier molecular flexibility index (Phi) is 6.17.